The summed E-state index contributed by atoms with van der Waals surface area (Å²) in [5, 5.41) is 10.1. The first-order chi connectivity index (χ1) is 11.7. The molecule has 5 heteroatoms. The van der Waals surface area contributed by atoms with Crippen molar-refractivity contribution < 1.29 is 4.79 Å². The molecule has 3 aromatic rings. The smallest absolute Gasteiger partial charge is 0.315 e. The molecule has 24 heavy (non-hydrogen) atoms. The fraction of sp³-hybridized carbons (Fsp3) is 0.158. The van der Waals surface area contributed by atoms with Crippen LogP contribution in [0.5, 0.6) is 0 Å². The zero-order chi connectivity index (χ0) is 16.8. The summed E-state index contributed by atoms with van der Waals surface area (Å²) in [7, 11) is 0. The zero-order valence-electron chi connectivity index (χ0n) is 13.6. The summed E-state index contributed by atoms with van der Waals surface area (Å²) in [5.74, 6) is 0. The van der Waals surface area contributed by atoms with Crippen LogP contribution in [0.3, 0.4) is 0 Å². The molecular weight excluding hydrogens is 300 g/mol. The maximum atomic E-state index is 11.9. The SMILES string of the molecule is Cc1ccc(CNC(=O)NCc2ccn(-c3ccccc3)n2)cc1. The van der Waals surface area contributed by atoms with Crippen LogP contribution in [0.15, 0.2) is 66.9 Å². The van der Waals surface area contributed by atoms with Gasteiger partial charge in [-0.25, -0.2) is 9.48 Å². The molecule has 0 aliphatic heterocycles. The highest BCUT2D eigenvalue weighted by Gasteiger charge is 2.04. The number of aromatic nitrogens is 2. The maximum Gasteiger partial charge on any atom is 0.315 e. The molecule has 0 fully saturated rings. The second-order valence-electron chi connectivity index (χ2n) is 5.61. The lowest BCUT2D eigenvalue weighted by molar-refractivity contribution is 0.240. The van der Waals surface area contributed by atoms with E-state index >= 15 is 0 Å². The van der Waals surface area contributed by atoms with Gasteiger partial charge in [0, 0.05) is 12.7 Å². The molecule has 0 bridgehead atoms. The van der Waals surface area contributed by atoms with Crippen molar-refractivity contribution in [3.05, 3.63) is 83.7 Å². The normalized spacial score (nSPS) is 10.4. The van der Waals surface area contributed by atoms with E-state index in [2.05, 4.69) is 15.7 Å². The van der Waals surface area contributed by atoms with Gasteiger partial charge < -0.3 is 10.6 Å². The first kappa shape index (κ1) is 15.8. The third-order valence-electron chi connectivity index (χ3n) is 3.67. The number of nitrogens with one attached hydrogen (secondary N) is 2. The Bertz CT molecular complexity index is 794. The largest absolute Gasteiger partial charge is 0.334 e. The van der Waals surface area contributed by atoms with E-state index in [1.54, 1.807) is 4.68 Å². The summed E-state index contributed by atoms with van der Waals surface area (Å²) in [5.41, 5.74) is 4.08. The van der Waals surface area contributed by atoms with Crippen molar-refractivity contribution >= 4 is 6.03 Å². The molecule has 122 valence electrons. The Morgan fingerprint density at radius 3 is 2.42 bits per heavy atom. The minimum atomic E-state index is -0.204. The monoisotopic (exact) mass is 320 g/mol. The lowest BCUT2D eigenvalue weighted by atomic mass is 10.1. The minimum absolute atomic E-state index is 0.204. The molecule has 0 saturated carbocycles. The summed E-state index contributed by atoms with van der Waals surface area (Å²) in [6.45, 7) is 2.93. The van der Waals surface area contributed by atoms with E-state index in [0.29, 0.717) is 13.1 Å². The molecular formula is C19H20N4O. The Balaban J connectivity index is 1.48. The highest BCUT2D eigenvalue weighted by atomic mass is 16.2. The summed E-state index contributed by atoms with van der Waals surface area (Å²) < 4.78 is 1.79. The molecule has 1 heterocycles. The maximum absolute atomic E-state index is 11.9. The second-order valence-corrected chi connectivity index (χ2v) is 5.61. The Morgan fingerprint density at radius 1 is 0.958 bits per heavy atom. The summed E-state index contributed by atoms with van der Waals surface area (Å²) in [6.07, 6.45) is 1.89. The zero-order valence-corrected chi connectivity index (χ0v) is 13.6. The Hall–Kier alpha value is -3.08. The van der Waals surface area contributed by atoms with Crippen molar-refractivity contribution in [3.8, 4) is 5.69 Å². The molecule has 1 aromatic heterocycles. The number of amides is 2. The van der Waals surface area contributed by atoms with Gasteiger partial charge in [-0.3, -0.25) is 0 Å². The molecule has 3 rings (SSSR count). The summed E-state index contributed by atoms with van der Waals surface area (Å²) in [4.78, 5) is 11.9. The van der Waals surface area contributed by atoms with Crippen LogP contribution in [0.4, 0.5) is 4.79 Å². The molecule has 0 spiro atoms. The highest BCUT2D eigenvalue weighted by molar-refractivity contribution is 5.73. The van der Waals surface area contributed by atoms with Gasteiger partial charge in [0.05, 0.1) is 17.9 Å². The van der Waals surface area contributed by atoms with Crippen LogP contribution in [-0.4, -0.2) is 15.8 Å². The fourth-order valence-electron chi connectivity index (χ4n) is 2.30. The molecule has 5 nitrogen and oxygen atoms in total. The van der Waals surface area contributed by atoms with Crippen LogP contribution in [0.2, 0.25) is 0 Å². The van der Waals surface area contributed by atoms with E-state index in [0.717, 1.165) is 16.9 Å². The highest BCUT2D eigenvalue weighted by Crippen LogP contribution is 2.06. The number of hydrogen-bond donors (Lipinski definition) is 2. The number of para-hydroxylation sites is 1. The van der Waals surface area contributed by atoms with Gasteiger partial charge in [-0.05, 0) is 30.7 Å². The van der Waals surface area contributed by atoms with Crippen LogP contribution >= 0.6 is 0 Å². The van der Waals surface area contributed by atoms with Gasteiger partial charge in [-0.15, -0.1) is 0 Å². The van der Waals surface area contributed by atoms with Gasteiger partial charge >= 0.3 is 6.03 Å². The van der Waals surface area contributed by atoms with Gasteiger partial charge in [-0.2, -0.15) is 5.10 Å². The van der Waals surface area contributed by atoms with Crippen molar-refractivity contribution in [1.82, 2.24) is 20.4 Å². The van der Waals surface area contributed by atoms with E-state index in [1.807, 2.05) is 73.8 Å². The van der Waals surface area contributed by atoms with Gasteiger partial charge in [0.15, 0.2) is 0 Å². The third-order valence-corrected chi connectivity index (χ3v) is 3.67. The first-order valence-corrected chi connectivity index (χ1v) is 7.88. The van der Waals surface area contributed by atoms with E-state index in [-0.39, 0.29) is 6.03 Å². The molecule has 2 N–H and O–H groups in total. The Labute approximate surface area is 141 Å². The van der Waals surface area contributed by atoms with E-state index in [1.165, 1.54) is 5.56 Å². The number of rotatable bonds is 5. The lowest BCUT2D eigenvalue weighted by Crippen LogP contribution is -2.34. The number of urea groups is 1. The van der Waals surface area contributed by atoms with Crippen LogP contribution in [0.1, 0.15) is 16.8 Å². The van der Waals surface area contributed by atoms with Crippen molar-refractivity contribution in [2.45, 2.75) is 20.0 Å². The van der Waals surface area contributed by atoms with Crippen LogP contribution in [-0.2, 0) is 13.1 Å². The van der Waals surface area contributed by atoms with Crippen LogP contribution < -0.4 is 10.6 Å². The summed E-state index contributed by atoms with van der Waals surface area (Å²) >= 11 is 0. The number of benzene rings is 2. The average Bonchev–Trinajstić information content (AvgIpc) is 3.09. The average molecular weight is 320 g/mol. The quantitative estimate of drug-likeness (QED) is 0.758. The van der Waals surface area contributed by atoms with Gasteiger partial charge in [0.1, 0.15) is 0 Å². The van der Waals surface area contributed by atoms with Gasteiger partial charge in [0.25, 0.3) is 0 Å². The van der Waals surface area contributed by atoms with Gasteiger partial charge in [0.2, 0.25) is 0 Å². The van der Waals surface area contributed by atoms with E-state index < -0.39 is 0 Å². The van der Waals surface area contributed by atoms with Crippen molar-refractivity contribution in [1.29, 1.82) is 0 Å². The molecule has 0 aliphatic carbocycles. The molecule has 2 amide bonds. The van der Waals surface area contributed by atoms with Crippen LogP contribution in [0.25, 0.3) is 5.69 Å². The summed E-state index contributed by atoms with van der Waals surface area (Å²) in [6, 6.07) is 19.6. The van der Waals surface area contributed by atoms with E-state index in [9.17, 15) is 4.79 Å². The molecule has 0 atom stereocenters. The molecule has 0 radical (unpaired) electrons. The molecule has 0 aliphatic rings. The van der Waals surface area contributed by atoms with Crippen molar-refractivity contribution in [2.24, 2.45) is 0 Å². The van der Waals surface area contributed by atoms with Crippen molar-refractivity contribution in [2.75, 3.05) is 0 Å². The number of carbonyl (C=O) groups excluding carboxylic acids is 1. The standard InChI is InChI=1S/C19H20N4O/c1-15-7-9-16(10-8-15)13-20-19(24)21-14-17-11-12-23(22-17)18-5-3-2-4-6-18/h2-12H,13-14H2,1H3,(H2,20,21,24). The minimum Gasteiger partial charge on any atom is -0.334 e. The Kier molecular flexibility index (Phi) is 4.91. The second kappa shape index (κ2) is 7.46. The number of aryl methyl sites for hydroxylation is 1. The molecule has 0 unspecified atom stereocenters. The number of hydrogen-bond acceptors (Lipinski definition) is 2. The molecule has 2 aromatic carbocycles. The number of carbonyl (C=O) groups is 1. The Morgan fingerprint density at radius 2 is 1.67 bits per heavy atom. The predicted molar refractivity (Wildman–Crippen MR) is 93.8 cm³/mol. The topological polar surface area (TPSA) is 59.0 Å². The molecule has 0 saturated heterocycles. The predicted octanol–water partition coefficient (Wildman–Crippen LogP) is 3.18. The number of nitrogens with zero attached hydrogens (tertiary/aromatic N) is 2. The van der Waals surface area contributed by atoms with Crippen LogP contribution in [0, 0.1) is 6.92 Å². The van der Waals surface area contributed by atoms with Crippen molar-refractivity contribution in [3.63, 3.8) is 0 Å². The first-order valence-electron chi connectivity index (χ1n) is 7.88. The lowest BCUT2D eigenvalue weighted by Gasteiger charge is -2.07. The third kappa shape index (κ3) is 4.23. The van der Waals surface area contributed by atoms with E-state index in [4.69, 9.17) is 0 Å². The fourth-order valence-corrected chi connectivity index (χ4v) is 2.30. The van der Waals surface area contributed by atoms with Gasteiger partial charge in [-0.1, -0.05) is 48.0 Å².